The molecule has 0 bridgehead atoms. The summed E-state index contributed by atoms with van der Waals surface area (Å²) < 4.78 is 0. The van der Waals surface area contributed by atoms with Gasteiger partial charge in [0.25, 0.3) is 0 Å². The highest BCUT2D eigenvalue weighted by atomic mass is 15.3. The van der Waals surface area contributed by atoms with Gasteiger partial charge in [-0.1, -0.05) is 48.5 Å². The van der Waals surface area contributed by atoms with Gasteiger partial charge in [-0.25, -0.2) is 0 Å². The fourth-order valence-electron chi connectivity index (χ4n) is 3.77. The standard InChI is InChI=1S/C20H25N3/c1-2-6-17(7-3-1)15-22-10-12-23(13-11-22)16-19-14-18-8-4-5-9-20(18)21-19/h1-9,19,21H,10-16H2/t19-/m0/s1. The van der Waals surface area contributed by atoms with Crippen LogP contribution in [0, 0.1) is 0 Å². The van der Waals surface area contributed by atoms with Crippen molar-refractivity contribution >= 4 is 5.69 Å². The molecular formula is C20H25N3. The van der Waals surface area contributed by atoms with Crippen molar-refractivity contribution in [3.05, 3.63) is 65.7 Å². The topological polar surface area (TPSA) is 18.5 Å². The summed E-state index contributed by atoms with van der Waals surface area (Å²) in [5.41, 5.74) is 4.23. The first-order valence-corrected chi connectivity index (χ1v) is 8.70. The average molecular weight is 307 g/mol. The van der Waals surface area contributed by atoms with E-state index in [0.29, 0.717) is 6.04 Å². The van der Waals surface area contributed by atoms with Crippen LogP contribution in [-0.4, -0.2) is 48.6 Å². The minimum absolute atomic E-state index is 0.577. The lowest BCUT2D eigenvalue weighted by Gasteiger charge is -2.36. The second kappa shape index (κ2) is 6.73. The number of anilines is 1. The maximum absolute atomic E-state index is 3.68. The molecule has 0 radical (unpaired) electrons. The zero-order chi connectivity index (χ0) is 15.5. The van der Waals surface area contributed by atoms with Gasteiger partial charge in [0.2, 0.25) is 0 Å². The van der Waals surface area contributed by atoms with E-state index in [-0.39, 0.29) is 0 Å². The molecule has 1 fully saturated rings. The molecule has 2 heterocycles. The number of benzene rings is 2. The number of piperazine rings is 1. The summed E-state index contributed by atoms with van der Waals surface area (Å²) in [5.74, 6) is 0. The van der Waals surface area contributed by atoms with Crippen LogP contribution in [0.15, 0.2) is 54.6 Å². The van der Waals surface area contributed by atoms with Crippen LogP contribution in [0.4, 0.5) is 5.69 Å². The monoisotopic (exact) mass is 307 g/mol. The zero-order valence-electron chi connectivity index (χ0n) is 13.6. The maximum atomic E-state index is 3.68. The van der Waals surface area contributed by atoms with Gasteiger partial charge in [-0.05, 0) is 23.6 Å². The third-order valence-electron chi connectivity index (χ3n) is 5.04. The molecule has 0 unspecified atom stereocenters. The van der Waals surface area contributed by atoms with Crippen LogP contribution in [0.3, 0.4) is 0 Å². The highest BCUT2D eigenvalue weighted by Gasteiger charge is 2.24. The van der Waals surface area contributed by atoms with Gasteiger partial charge >= 0.3 is 0 Å². The first-order chi connectivity index (χ1) is 11.4. The first-order valence-electron chi connectivity index (χ1n) is 8.70. The summed E-state index contributed by atoms with van der Waals surface area (Å²) >= 11 is 0. The SMILES string of the molecule is c1ccc(CN2CCN(C[C@@H]3Cc4ccccc4N3)CC2)cc1. The first kappa shape index (κ1) is 14.7. The molecule has 23 heavy (non-hydrogen) atoms. The molecule has 2 aromatic rings. The largest absolute Gasteiger partial charge is 0.380 e. The number of hydrogen-bond acceptors (Lipinski definition) is 3. The van der Waals surface area contributed by atoms with E-state index in [9.17, 15) is 0 Å². The summed E-state index contributed by atoms with van der Waals surface area (Å²) in [6.45, 7) is 6.96. The Labute approximate surface area is 138 Å². The van der Waals surface area contributed by atoms with Gasteiger partial charge in [0.15, 0.2) is 0 Å². The van der Waals surface area contributed by atoms with Gasteiger partial charge in [-0.3, -0.25) is 9.80 Å². The van der Waals surface area contributed by atoms with Crippen LogP contribution >= 0.6 is 0 Å². The highest BCUT2D eigenvalue weighted by Crippen LogP contribution is 2.25. The van der Waals surface area contributed by atoms with Crippen LogP contribution in [0.25, 0.3) is 0 Å². The van der Waals surface area contributed by atoms with Gasteiger partial charge in [0.1, 0.15) is 0 Å². The molecule has 0 spiro atoms. The van der Waals surface area contributed by atoms with Crippen molar-refractivity contribution in [1.29, 1.82) is 0 Å². The Balaban J connectivity index is 1.25. The number of rotatable bonds is 4. The molecule has 2 aliphatic rings. The smallest absolute Gasteiger partial charge is 0.0429 e. The lowest BCUT2D eigenvalue weighted by atomic mass is 10.1. The normalized spacial score (nSPS) is 21.8. The summed E-state index contributed by atoms with van der Waals surface area (Å²) in [5, 5.41) is 3.68. The summed E-state index contributed by atoms with van der Waals surface area (Å²) in [4.78, 5) is 5.19. The summed E-state index contributed by atoms with van der Waals surface area (Å²) in [7, 11) is 0. The van der Waals surface area contributed by atoms with E-state index in [1.807, 2.05) is 0 Å². The zero-order valence-corrected chi connectivity index (χ0v) is 13.6. The number of fused-ring (bicyclic) bond motifs is 1. The molecule has 1 atom stereocenters. The molecule has 0 aliphatic carbocycles. The minimum atomic E-state index is 0.577. The Morgan fingerprint density at radius 1 is 0.826 bits per heavy atom. The molecule has 2 aromatic carbocycles. The van der Waals surface area contributed by atoms with Crippen LogP contribution in [0.2, 0.25) is 0 Å². The summed E-state index contributed by atoms with van der Waals surface area (Å²) in [6, 6.07) is 20.1. The molecule has 0 amide bonds. The van der Waals surface area contributed by atoms with Crippen molar-refractivity contribution in [2.45, 2.75) is 19.0 Å². The molecule has 0 saturated carbocycles. The molecule has 0 aromatic heterocycles. The van der Waals surface area contributed by atoms with E-state index in [1.54, 1.807) is 0 Å². The molecule has 1 N–H and O–H groups in total. The molecule has 120 valence electrons. The van der Waals surface area contributed by atoms with Crippen molar-refractivity contribution in [3.63, 3.8) is 0 Å². The highest BCUT2D eigenvalue weighted by molar-refractivity contribution is 5.56. The summed E-state index contributed by atoms with van der Waals surface area (Å²) in [6.07, 6.45) is 1.17. The van der Waals surface area contributed by atoms with E-state index < -0.39 is 0 Å². The van der Waals surface area contributed by atoms with Gasteiger partial charge in [0, 0.05) is 51.0 Å². The second-order valence-corrected chi connectivity index (χ2v) is 6.76. The van der Waals surface area contributed by atoms with Crippen LogP contribution in [-0.2, 0) is 13.0 Å². The van der Waals surface area contributed by atoms with E-state index in [2.05, 4.69) is 69.7 Å². The lowest BCUT2D eigenvalue weighted by Crippen LogP contribution is -2.48. The average Bonchev–Trinajstić information content (AvgIpc) is 3.00. The van der Waals surface area contributed by atoms with E-state index in [4.69, 9.17) is 0 Å². The maximum Gasteiger partial charge on any atom is 0.0429 e. The fraction of sp³-hybridized carbons (Fsp3) is 0.400. The van der Waals surface area contributed by atoms with E-state index in [0.717, 1.165) is 13.1 Å². The predicted molar refractivity (Wildman–Crippen MR) is 95.7 cm³/mol. The van der Waals surface area contributed by atoms with Gasteiger partial charge in [-0.15, -0.1) is 0 Å². The van der Waals surface area contributed by atoms with Crippen LogP contribution in [0.1, 0.15) is 11.1 Å². The number of nitrogens with one attached hydrogen (secondary N) is 1. The Morgan fingerprint density at radius 2 is 1.52 bits per heavy atom. The third-order valence-corrected chi connectivity index (χ3v) is 5.04. The van der Waals surface area contributed by atoms with Gasteiger partial charge in [0.05, 0.1) is 0 Å². The molecule has 3 heteroatoms. The van der Waals surface area contributed by atoms with Crippen molar-refractivity contribution in [3.8, 4) is 0 Å². The second-order valence-electron chi connectivity index (χ2n) is 6.76. The Morgan fingerprint density at radius 3 is 2.30 bits per heavy atom. The van der Waals surface area contributed by atoms with Crippen molar-refractivity contribution < 1.29 is 0 Å². The Kier molecular flexibility index (Phi) is 4.31. The predicted octanol–water partition coefficient (Wildman–Crippen LogP) is 2.84. The van der Waals surface area contributed by atoms with Gasteiger partial charge in [-0.2, -0.15) is 0 Å². The lowest BCUT2D eigenvalue weighted by molar-refractivity contribution is 0.124. The number of hydrogen-bond donors (Lipinski definition) is 1. The van der Waals surface area contributed by atoms with Crippen molar-refractivity contribution in [2.75, 3.05) is 38.0 Å². The molecule has 1 saturated heterocycles. The minimum Gasteiger partial charge on any atom is -0.380 e. The van der Waals surface area contributed by atoms with E-state index in [1.165, 1.54) is 49.4 Å². The quantitative estimate of drug-likeness (QED) is 0.937. The third kappa shape index (κ3) is 3.57. The van der Waals surface area contributed by atoms with Crippen LogP contribution in [0.5, 0.6) is 0 Å². The molecular weight excluding hydrogens is 282 g/mol. The number of para-hydroxylation sites is 1. The molecule has 4 rings (SSSR count). The van der Waals surface area contributed by atoms with Crippen molar-refractivity contribution in [1.82, 2.24) is 9.80 Å². The Hall–Kier alpha value is -1.84. The number of nitrogens with zero attached hydrogens (tertiary/aromatic N) is 2. The molecule has 2 aliphatic heterocycles. The van der Waals surface area contributed by atoms with E-state index >= 15 is 0 Å². The fourth-order valence-corrected chi connectivity index (χ4v) is 3.77. The Bertz CT molecular complexity index is 607. The molecule has 3 nitrogen and oxygen atoms in total. The van der Waals surface area contributed by atoms with Crippen molar-refractivity contribution in [2.24, 2.45) is 0 Å². The van der Waals surface area contributed by atoms with Crippen LogP contribution < -0.4 is 5.32 Å². The van der Waals surface area contributed by atoms with Gasteiger partial charge < -0.3 is 5.32 Å².